The van der Waals surface area contributed by atoms with Gasteiger partial charge in [0.15, 0.2) is 0 Å². The third kappa shape index (κ3) is 15.7. The Morgan fingerprint density at radius 1 is 0.933 bits per heavy atom. The van der Waals surface area contributed by atoms with Crippen molar-refractivity contribution < 1.29 is 37.8 Å². The van der Waals surface area contributed by atoms with Crippen LogP contribution in [0.25, 0.3) is 0 Å². The topological polar surface area (TPSA) is 146 Å². The minimum Gasteiger partial charge on any atom is -0.444 e. The molecule has 0 bridgehead atoms. The lowest BCUT2D eigenvalue weighted by Gasteiger charge is -2.34. The van der Waals surface area contributed by atoms with E-state index >= 15 is 8.78 Å². The molecule has 0 heterocycles. The normalized spacial score (nSPS) is 17.5. The summed E-state index contributed by atoms with van der Waals surface area (Å²) in [7, 11) is -1.91. The van der Waals surface area contributed by atoms with Crippen molar-refractivity contribution in [3.8, 4) is 0 Å². The first-order valence-electron chi connectivity index (χ1n) is 16.6. The first kappa shape index (κ1) is 40.7. The van der Waals surface area contributed by atoms with Gasteiger partial charge in [-0.05, 0) is 51.5 Å². The van der Waals surface area contributed by atoms with Crippen LogP contribution in [0.3, 0.4) is 0 Å². The van der Waals surface area contributed by atoms with Crippen molar-refractivity contribution in [1.82, 2.24) is 21.3 Å². The molecule has 0 saturated heterocycles. The fourth-order valence-electron chi connectivity index (χ4n) is 5.35. The highest BCUT2D eigenvalue weighted by atomic mass is 28.3. The van der Waals surface area contributed by atoms with Crippen molar-refractivity contribution in [3.63, 3.8) is 0 Å². The Hall–Kier alpha value is -2.28. The largest absolute Gasteiger partial charge is 0.444 e. The van der Waals surface area contributed by atoms with Crippen molar-refractivity contribution in [2.45, 2.75) is 161 Å². The molecule has 1 fully saturated rings. The zero-order chi connectivity index (χ0) is 34.6. The van der Waals surface area contributed by atoms with E-state index in [0.29, 0.717) is 18.9 Å². The van der Waals surface area contributed by atoms with E-state index in [1.165, 1.54) is 0 Å². The number of hydrogen-bond acceptors (Lipinski definition) is 6. The number of aliphatic hydroxyl groups excluding tert-OH is 1. The smallest absolute Gasteiger partial charge is 0.408 e. The van der Waals surface area contributed by atoms with Crippen LogP contribution < -0.4 is 21.3 Å². The van der Waals surface area contributed by atoms with Crippen molar-refractivity contribution in [2.24, 2.45) is 11.8 Å². The average molecular weight is 663 g/mol. The molecule has 0 radical (unpaired) electrons. The van der Waals surface area contributed by atoms with E-state index in [9.17, 15) is 24.3 Å². The maximum Gasteiger partial charge on any atom is 0.408 e. The van der Waals surface area contributed by atoms with E-state index in [4.69, 9.17) is 4.74 Å². The summed E-state index contributed by atoms with van der Waals surface area (Å²) in [5, 5.41) is 21.1. The van der Waals surface area contributed by atoms with Crippen LogP contribution >= 0.6 is 0 Å². The Morgan fingerprint density at radius 2 is 1.51 bits per heavy atom. The third-order valence-corrected chi connectivity index (χ3v) is 9.30. The van der Waals surface area contributed by atoms with Crippen LogP contribution in [0.5, 0.6) is 0 Å². The van der Waals surface area contributed by atoms with Crippen LogP contribution in [0.1, 0.15) is 99.3 Å². The number of carbonyl (C=O) groups is 4. The van der Waals surface area contributed by atoms with E-state index in [-0.39, 0.29) is 31.2 Å². The SMILES string of the molecule is CCCCC(NC(=O)C(C[Si](C)(C)C)NC(=O)OC(C)(C)C)C(=O)NC(CC1CCCCC1)C(O)C(F)(F)C(=O)NCC(C)C. The number of unbranched alkanes of at least 4 members (excludes halogenated alkanes) is 1. The maximum atomic E-state index is 15.3. The molecular formula is C32H60F2N4O6Si. The molecule has 1 rings (SSSR count). The molecule has 1 aliphatic rings. The number of alkyl carbamates (subject to hydrolysis) is 1. The number of carbonyl (C=O) groups excluding carboxylic acids is 4. The predicted octanol–water partition coefficient (Wildman–Crippen LogP) is 5.12. The highest BCUT2D eigenvalue weighted by Gasteiger charge is 2.51. The lowest BCUT2D eigenvalue weighted by molar-refractivity contribution is -0.168. The molecule has 262 valence electrons. The number of nitrogens with one attached hydrogen (secondary N) is 4. The second kappa shape index (κ2) is 18.2. The van der Waals surface area contributed by atoms with E-state index in [0.717, 1.165) is 32.1 Å². The van der Waals surface area contributed by atoms with Gasteiger partial charge >= 0.3 is 12.0 Å². The molecule has 5 N–H and O–H groups in total. The summed E-state index contributed by atoms with van der Waals surface area (Å²) in [6, 6.07) is -3.12. The van der Waals surface area contributed by atoms with Gasteiger partial charge in [-0.15, -0.1) is 0 Å². The number of alkyl halides is 2. The van der Waals surface area contributed by atoms with E-state index in [1.54, 1.807) is 34.6 Å². The molecule has 0 aliphatic heterocycles. The zero-order valence-corrected chi connectivity index (χ0v) is 30.0. The van der Waals surface area contributed by atoms with Crippen molar-refractivity contribution >= 4 is 31.9 Å². The molecule has 1 saturated carbocycles. The summed E-state index contributed by atoms with van der Waals surface area (Å²) < 4.78 is 36.0. The summed E-state index contributed by atoms with van der Waals surface area (Å²) in [6.45, 7) is 16.7. The molecule has 0 spiro atoms. The number of hydrogen-bond donors (Lipinski definition) is 5. The van der Waals surface area contributed by atoms with Gasteiger partial charge in [0, 0.05) is 14.6 Å². The van der Waals surface area contributed by atoms with Crippen LogP contribution in [-0.4, -0.2) is 79.3 Å². The van der Waals surface area contributed by atoms with Crippen LogP contribution in [0.15, 0.2) is 0 Å². The van der Waals surface area contributed by atoms with Gasteiger partial charge < -0.3 is 31.1 Å². The lowest BCUT2D eigenvalue weighted by Crippen LogP contribution is -2.61. The molecule has 13 heteroatoms. The first-order valence-corrected chi connectivity index (χ1v) is 20.3. The van der Waals surface area contributed by atoms with Crippen LogP contribution in [0.4, 0.5) is 13.6 Å². The highest BCUT2D eigenvalue weighted by molar-refractivity contribution is 6.76. The van der Waals surface area contributed by atoms with E-state index < -0.39 is 67.6 Å². The fraction of sp³-hybridized carbons (Fsp3) is 0.875. The Morgan fingerprint density at radius 3 is 2.02 bits per heavy atom. The van der Waals surface area contributed by atoms with Gasteiger partial charge in [0.25, 0.3) is 5.91 Å². The standard InChI is InChI=1S/C32H60F2N4O6Si/c1-10-11-17-23(36-28(41)25(20-45(7,8)9)38-30(43)44-31(4,5)6)27(40)37-24(18-22-15-13-12-14-16-22)26(39)32(33,34)29(42)35-19-21(2)3/h21-26,39H,10-20H2,1-9H3,(H,35,42)(H,36,41)(H,37,40)(H,38,43). The van der Waals surface area contributed by atoms with Gasteiger partial charge in [-0.1, -0.05) is 85.4 Å². The molecule has 4 unspecified atom stereocenters. The third-order valence-electron chi connectivity index (χ3n) is 7.67. The van der Waals surface area contributed by atoms with Crippen LogP contribution in [0, 0.1) is 11.8 Å². The molecule has 1 aliphatic carbocycles. The quantitative estimate of drug-likeness (QED) is 0.137. The molecule has 0 aromatic rings. The minimum absolute atomic E-state index is 0.00365. The van der Waals surface area contributed by atoms with Crippen molar-refractivity contribution in [3.05, 3.63) is 0 Å². The minimum atomic E-state index is -4.15. The van der Waals surface area contributed by atoms with Gasteiger partial charge in [0.2, 0.25) is 11.8 Å². The number of aliphatic hydroxyl groups is 1. The Bertz CT molecular complexity index is 964. The van der Waals surface area contributed by atoms with Gasteiger partial charge in [-0.3, -0.25) is 14.4 Å². The average Bonchev–Trinajstić information content (AvgIpc) is 2.91. The van der Waals surface area contributed by atoms with Gasteiger partial charge in [-0.2, -0.15) is 8.78 Å². The van der Waals surface area contributed by atoms with E-state index in [2.05, 4.69) is 21.3 Å². The number of amides is 4. The highest BCUT2D eigenvalue weighted by Crippen LogP contribution is 2.31. The molecule has 0 aromatic heterocycles. The van der Waals surface area contributed by atoms with Crippen LogP contribution in [0.2, 0.25) is 25.7 Å². The Kier molecular flexibility index (Phi) is 16.4. The molecular weight excluding hydrogens is 602 g/mol. The van der Waals surface area contributed by atoms with E-state index in [1.807, 2.05) is 26.6 Å². The first-order chi connectivity index (χ1) is 20.7. The Balaban J connectivity index is 3.26. The molecule has 4 atom stereocenters. The monoisotopic (exact) mass is 662 g/mol. The number of rotatable bonds is 17. The molecule has 0 aromatic carbocycles. The fourth-order valence-corrected chi connectivity index (χ4v) is 6.87. The van der Waals surface area contributed by atoms with Gasteiger partial charge in [0.05, 0.1) is 6.04 Å². The number of halogens is 2. The summed E-state index contributed by atoms with van der Waals surface area (Å²) >= 11 is 0. The second-order valence-electron chi connectivity index (χ2n) is 15.2. The molecule has 10 nitrogen and oxygen atoms in total. The van der Waals surface area contributed by atoms with Gasteiger partial charge in [-0.25, -0.2) is 4.79 Å². The summed E-state index contributed by atoms with van der Waals surface area (Å²) in [4.78, 5) is 52.3. The zero-order valence-electron chi connectivity index (χ0n) is 29.0. The number of ether oxygens (including phenoxy) is 1. The maximum absolute atomic E-state index is 15.3. The van der Waals surface area contributed by atoms with Crippen LogP contribution in [-0.2, 0) is 19.1 Å². The van der Waals surface area contributed by atoms with Gasteiger partial charge in [0.1, 0.15) is 23.8 Å². The predicted molar refractivity (Wildman–Crippen MR) is 175 cm³/mol. The molecule has 4 amide bonds. The summed E-state index contributed by atoms with van der Waals surface area (Å²) in [6.07, 6.45) is 2.75. The summed E-state index contributed by atoms with van der Waals surface area (Å²) in [5.74, 6) is -7.12. The van der Waals surface area contributed by atoms with Crippen molar-refractivity contribution in [2.75, 3.05) is 6.54 Å². The lowest BCUT2D eigenvalue weighted by atomic mass is 9.82. The second-order valence-corrected chi connectivity index (χ2v) is 20.7. The summed E-state index contributed by atoms with van der Waals surface area (Å²) in [5.41, 5.74) is -0.782. The Labute approximate surface area is 270 Å². The van der Waals surface area contributed by atoms with Crippen molar-refractivity contribution in [1.29, 1.82) is 0 Å². The molecule has 45 heavy (non-hydrogen) atoms.